The Bertz CT molecular complexity index is 1210. The molecular weight excluding hydrogens is 393 g/mol. The topological polar surface area (TPSA) is 69.6 Å². The molecule has 0 spiro atoms. The van der Waals surface area contributed by atoms with Gasteiger partial charge in [0.05, 0.1) is 18.4 Å². The Morgan fingerprint density at radius 3 is 2.55 bits per heavy atom. The molecule has 0 saturated carbocycles. The summed E-state index contributed by atoms with van der Waals surface area (Å²) in [5, 5.41) is -0.997. The first kappa shape index (κ1) is 19.0. The molecule has 1 unspecified atom stereocenters. The molecule has 1 amide bonds. The van der Waals surface area contributed by atoms with E-state index in [1.54, 1.807) is 53.1 Å². The van der Waals surface area contributed by atoms with E-state index in [0.29, 0.717) is 28.2 Å². The molecule has 0 saturated heterocycles. The monoisotopic (exact) mass is 409 g/mol. The number of amides is 1. The van der Waals surface area contributed by atoms with Gasteiger partial charge in [-0.3, -0.25) is 4.79 Å². The summed E-state index contributed by atoms with van der Waals surface area (Å²) in [5.74, 6) is -0.877. The van der Waals surface area contributed by atoms with Gasteiger partial charge in [-0.15, -0.1) is 11.6 Å². The van der Waals surface area contributed by atoms with Crippen molar-refractivity contribution < 1.29 is 13.9 Å². The number of hydrogen-bond acceptors (Lipinski definition) is 3. The molecule has 2 N–H and O–H groups in total. The van der Waals surface area contributed by atoms with Crippen molar-refractivity contribution >= 4 is 23.2 Å². The van der Waals surface area contributed by atoms with E-state index in [9.17, 15) is 4.79 Å². The minimum absolute atomic E-state index is 0.00711. The molecule has 2 heterocycles. The van der Waals surface area contributed by atoms with E-state index >= 15 is 4.39 Å². The predicted molar refractivity (Wildman–Crippen MR) is 110 cm³/mol. The van der Waals surface area contributed by atoms with Gasteiger partial charge in [-0.2, -0.15) is 0 Å². The zero-order valence-electron chi connectivity index (χ0n) is 15.5. The van der Waals surface area contributed by atoms with Crippen LogP contribution in [0.1, 0.15) is 27.1 Å². The second kappa shape index (κ2) is 7.56. The number of carbonyl (C=O) groups excluding carboxylic acids is 1. The number of benzene rings is 2. The molecule has 0 fully saturated rings. The fraction of sp³-hybridized carbons (Fsp3) is 0.0909. The minimum atomic E-state index is -0.997. The van der Waals surface area contributed by atoms with Gasteiger partial charge in [0.25, 0.3) is 5.91 Å². The molecule has 2 aromatic heterocycles. The van der Waals surface area contributed by atoms with Crippen LogP contribution in [0.25, 0.3) is 16.8 Å². The van der Waals surface area contributed by atoms with Crippen molar-refractivity contribution in [3.63, 3.8) is 0 Å². The number of alkyl halides is 1. The molecule has 4 rings (SSSR count). The van der Waals surface area contributed by atoms with Gasteiger partial charge < -0.3 is 14.9 Å². The van der Waals surface area contributed by atoms with Gasteiger partial charge in [0.1, 0.15) is 22.6 Å². The van der Waals surface area contributed by atoms with Crippen LogP contribution in [0.3, 0.4) is 0 Å². The predicted octanol–water partition coefficient (Wildman–Crippen LogP) is 4.58. The summed E-state index contributed by atoms with van der Waals surface area (Å²) in [6.07, 6.45) is 1.71. The van der Waals surface area contributed by atoms with Crippen LogP contribution in [0.4, 0.5) is 4.39 Å². The smallest absolute Gasteiger partial charge is 0.269 e. The van der Waals surface area contributed by atoms with Gasteiger partial charge in [-0.1, -0.05) is 42.5 Å². The zero-order chi connectivity index (χ0) is 20.5. The highest BCUT2D eigenvalue weighted by Gasteiger charge is 2.28. The lowest BCUT2D eigenvalue weighted by Gasteiger charge is -2.17. The van der Waals surface area contributed by atoms with Gasteiger partial charge in [0.15, 0.2) is 5.69 Å². The summed E-state index contributed by atoms with van der Waals surface area (Å²) < 4.78 is 22.7. The van der Waals surface area contributed by atoms with Crippen molar-refractivity contribution in [3.05, 3.63) is 89.6 Å². The molecule has 0 bridgehead atoms. The highest BCUT2D eigenvalue weighted by Crippen LogP contribution is 2.40. The number of methoxy groups -OCH3 is 1. The number of nitrogens with zero attached hydrogens (tertiary/aromatic N) is 2. The number of primary amides is 1. The lowest BCUT2D eigenvalue weighted by Crippen LogP contribution is -2.16. The SMILES string of the molecule is COc1ccc(C(Cl)c2c(C(N)=O)nc3ccccn23)c(F)c1-c1ccccc1. The lowest BCUT2D eigenvalue weighted by atomic mass is 9.98. The van der Waals surface area contributed by atoms with E-state index < -0.39 is 17.1 Å². The number of ether oxygens (including phenoxy) is 1. The van der Waals surface area contributed by atoms with E-state index in [1.165, 1.54) is 7.11 Å². The lowest BCUT2D eigenvalue weighted by molar-refractivity contribution is 0.0995. The molecule has 1 atom stereocenters. The summed E-state index contributed by atoms with van der Waals surface area (Å²) in [4.78, 5) is 16.2. The van der Waals surface area contributed by atoms with Gasteiger partial charge in [0.2, 0.25) is 0 Å². The maximum atomic E-state index is 15.7. The first-order valence-corrected chi connectivity index (χ1v) is 9.29. The summed E-state index contributed by atoms with van der Waals surface area (Å²) >= 11 is 6.71. The largest absolute Gasteiger partial charge is 0.496 e. The highest BCUT2D eigenvalue weighted by atomic mass is 35.5. The average molecular weight is 410 g/mol. The highest BCUT2D eigenvalue weighted by molar-refractivity contribution is 6.23. The molecule has 0 aliphatic heterocycles. The summed E-state index contributed by atoms with van der Waals surface area (Å²) in [6.45, 7) is 0. The normalized spacial score (nSPS) is 12.1. The molecule has 2 aromatic carbocycles. The summed E-state index contributed by atoms with van der Waals surface area (Å²) in [5.41, 5.74) is 7.48. The number of pyridine rings is 1. The van der Waals surface area contributed by atoms with Gasteiger partial charge >= 0.3 is 0 Å². The number of nitrogens with two attached hydrogens (primary N) is 1. The molecule has 4 aromatic rings. The Kier molecular flexibility index (Phi) is 4.94. The van der Waals surface area contributed by atoms with E-state index in [0.717, 1.165) is 0 Å². The van der Waals surface area contributed by atoms with Crippen molar-refractivity contribution in [2.24, 2.45) is 5.73 Å². The Morgan fingerprint density at radius 1 is 1.14 bits per heavy atom. The van der Waals surface area contributed by atoms with Crippen molar-refractivity contribution in [3.8, 4) is 16.9 Å². The maximum Gasteiger partial charge on any atom is 0.269 e. The molecule has 7 heteroatoms. The third-order valence-corrected chi connectivity index (χ3v) is 5.17. The molecule has 5 nitrogen and oxygen atoms in total. The second-order valence-electron chi connectivity index (χ2n) is 6.41. The fourth-order valence-corrected chi connectivity index (χ4v) is 3.78. The minimum Gasteiger partial charge on any atom is -0.496 e. The van der Waals surface area contributed by atoms with E-state index in [2.05, 4.69) is 4.98 Å². The number of carbonyl (C=O) groups is 1. The fourth-order valence-electron chi connectivity index (χ4n) is 3.40. The third-order valence-electron chi connectivity index (χ3n) is 4.73. The maximum absolute atomic E-state index is 15.7. The molecule has 29 heavy (non-hydrogen) atoms. The number of halogens is 2. The first-order valence-electron chi connectivity index (χ1n) is 8.85. The van der Waals surface area contributed by atoms with Gasteiger partial charge in [-0.05, 0) is 23.8 Å². The van der Waals surface area contributed by atoms with Crippen LogP contribution in [0.2, 0.25) is 0 Å². The molecular formula is C22H17ClFN3O2. The summed E-state index contributed by atoms with van der Waals surface area (Å²) in [7, 11) is 1.48. The van der Waals surface area contributed by atoms with E-state index in [-0.39, 0.29) is 11.3 Å². The molecule has 0 radical (unpaired) electrons. The van der Waals surface area contributed by atoms with Crippen molar-refractivity contribution in [1.82, 2.24) is 9.38 Å². The number of imidazole rings is 1. The number of hydrogen-bond donors (Lipinski definition) is 1. The second-order valence-corrected chi connectivity index (χ2v) is 6.85. The first-order chi connectivity index (χ1) is 14.0. The number of rotatable bonds is 5. The quantitative estimate of drug-likeness (QED) is 0.490. The van der Waals surface area contributed by atoms with Gasteiger partial charge in [-0.25, -0.2) is 9.37 Å². The van der Waals surface area contributed by atoms with Crippen LogP contribution in [0.5, 0.6) is 5.75 Å². The molecule has 146 valence electrons. The standard InChI is InChI=1S/C22H17ClFN3O2/c1-29-15-11-10-14(19(24)17(15)13-7-3-2-4-8-13)18(23)21-20(22(25)28)26-16-9-5-6-12-27(16)21/h2-12,18H,1H3,(H2,25,28). The van der Waals surface area contributed by atoms with Crippen LogP contribution in [0.15, 0.2) is 66.9 Å². The van der Waals surface area contributed by atoms with Crippen LogP contribution >= 0.6 is 11.6 Å². The van der Waals surface area contributed by atoms with Gasteiger partial charge in [0, 0.05) is 11.8 Å². The van der Waals surface area contributed by atoms with Crippen molar-refractivity contribution in [1.29, 1.82) is 0 Å². The Hall–Kier alpha value is -3.38. The van der Waals surface area contributed by atoms with Crippen LogP contribution < -0.4 is 10.5 Å². The average Bonchev–Trinajstić information content (AvgIpc) is 3.13. The zero-order valence-corrected chi connectivity index (χ0v) is 16.2. The third kappa shape index (κ3) is 3.21. The summed E-state index contributed by atoms with van der Waals surface area (Å²) in [6, 6.07) is 17.5. The van der Waals surface area contributed by atoms with E-state index in [1.807, 2.05) is 18.2 Å². The number of aromatic nitrogens is 2. The molecule has 0 aliphatic rings. The Balaban J connectivity index is 1.94. The number of fused-ring (bicyclic) bond motifs is 1. The van der Waals surface area contributed by atoms with E-state index in [4.69, 9.17) is 22.1 Å². The molecule has 0 aliphatic carbocycles. The van der Waals surface area contributed by atoms with Crippen molar-refractivity contribution in [2.45, 2.75) is 5.38 Å². The Morgan fingerprint density at radius 2 is 1.86 bits per heavy atom. The van der Waals surface area contributed by atoms with Crippen LogP contribution in [-0.2, 0) is 0 Å². The van der Waals surface area contributed by atoms with Crippen molar-refractivity contribution in [2.75, 3.05) is 7.11 Å². The Labute approximate surface area is 171 Å². The van der Waals surface area contributed by atoms with Crippen LogP contribution in [-0.4, -0.2) is 22.4 Å². The van der Waals surface area contributed by atoms with Crippen LogP contribution in [0, 0.1) is 5.82 Å².